The SMILES string of the molecule is COC(=O)c1c(NC(=O)[C@H]2CC=CC[C@H]2C(=O)OC)sc2c1CCCCC2. The van der Waals surface area contributed by atoms with E-state index < -0.39 is 17.8 Å². The second-order valence-electron chi connectivity index (χ2n) is 6.93. The Hall–Kier alpha value is -2.15. The minimum absolute atomic E-state index is 0.253. The van der Waals surface area contributed by atoms with E-state index in [0.29, 0.717) is 23.4 Å². The number of carbonyl (C=O) groups is 3. The lowest BCUT2D eigenvalue weighted by molar-refractivity contribution is -0.149. The summed E-state index contributed by atoms with van der Waals surface area (Å²) in [7, 11) is 2.69. The first-order valence-corrected chi connectivity index (χ1v) is 10.1. The smallest absolute Gasteiger partial charge is 0.341 e. The lowest BCUT2D eigenvalue weighted by atomic mass is 9.82. The molecule has 0 fully saturated rings. The summed E-state index contributed by atoms with van der Waals surface area (Å²) in [5.74, 6) is -2.06. The van der Waals surface area contributed by atoms with E-state index >= 15 is 0 Å². The Morgan fingerprint density at radius 1 is 1.00 bits per heavy atom. The summed E-state index contributed by atoms with van der Waals surface area (Å²) in [5, 5.41) is 3.46. The normalized spacial score (nSPS) is 21.7. The molecule has 1 heterocycles. The zero-order chi connectivity index (χ0) is 19.4. The molecule has 1 aromatic heterocycles. The van der Waals surface area contributed by atoms with Crippen LogP contribution in [0.4, 0.5) is 5.00 Å². The molecule has 0 saturated carbocycles. The average Bonchev–Trinajstić information content (AvgIpc) is 2.86. The molecule has 2 atom stereocenters. The Morgan fingerprint density at radius 3 is 2.41 bits per heavy atom. The van der Waals surface area contributed by atoms with Crippen LogP contribution in [0, 0.1) is 11.8 Å². The van der Waals surface area contributed by atoms with Gasteiger partial charge < -0.3 is 14.8 Å². The molecule has 7 heteroatoms. The molecule has 27 heavy (non-hydrogen) atoms. The Kier molecular flexibility index (Phi) is 6.31. The van der Waals surface area contributed by atoms with Crippen LogP contribution in [0.1, 0.15) is 52.9 Å². The monoisotopic (exact) mass is 391 g/mol. The van der Waals surface area contributed by atoms with E-state index in [1.807, 2.05) is 12.2 Å². The van der Waals surface area contributed by atoms with Crippen LogP contribution in [0.25, 0.3) is 0 Å². The highest BCUT2D eigenvalue weighted by molar-refractivity contribution is 7.17. The number of methoxy groups -OCH3 is 2. The number of esters is 2. The van der Waals surface area contributed by atoms with Gasteiger partial charge in [0.15, 0.2) is 0 Å². The van der Waals surface area contributed by atoms with E-state index in [4.69, 9.17) is 9.47 Å². The molecule has 0 aromatic carbocycles. The summed E-state index contributed by atoms with van der Waals surface area (Å²) < 4.78 is 9.83. The van der Waals surface area contributed by atoms with E-state index in [-0.39, 0.29) is 11.9 Å². The van der Waals surface area contributed by atoms with E-state index in [2.05, 4.69) is 5.32 Å². The van der Waals surface area contributed by atoms with Gasteiger partial charge in [0.25, 0.3) is 0 Å². The van der Waals surface area contributed by atoms with Crippen molar-refractivity contribution in [1.82, 2.24) is 0 Å². The minimum atomic E-state index is -0.505. The second kappa shape index (κ2) is 8.69. The van der Waals surface area contributed by atoms with Crippen LogP contribution in [0.5, 0.6) is 0 Å². The molecule has 0 aliphatic heterocycles. The standard InChI is InChI=1S/C20H25NO5S/c1-25-19(23)13-9-7-6-8-12(13)17(22)21-18-16(20(24)26-2)14-10-4-3-5-11-15(14)27-18/h6-7,12-13H,3-5,8-11H2,1-2H3,(H,21,22)/t12-,13+/m0/s1. The topological polar surface area (TPSA) is 81.7 Å². The van der Waals surface area contributed by atoms with Crippen molar-refractivity contribution in [3.63, 3.8) is 0 Å². The number of amides is 1. The van der Waals surface area contributed by atoms with Gasteiger partial charge in [-0.15, -0.1) is 11.3 Å². The maximum Gasteiger partial charge on any atom is 0.341 e. The lowest BCUT2D eigenvalue weighted by Gasteiger charge is -2.25. The zero-order valence-corrected chi connectivity index (χ0v) is 16.5. The number of aryl methyl sites for hydroxylation is 1. The van der Waals surface area contributed by atoms with Gasteiger partial charge in [-0.05, 0) is 44.1 Å². The van der Waals surface area contributed by atoms with E-state index in [1.54, 1.807) is 0 Å². The molecule has 0 bridgehead atoms. The minimum Gasteiger partial charge on any atom is -0.469 e. The van der Waals surface area contributed by atoms with Gasteiger partial charge in [-0.2, -0.15) is 0 Å². The third-order valence-electron chi connectivity index (χ3n) is 5.32. The number of hydrogen-bond donors (Lipinski definition) is 1. The van der Waals surface area contributed by atoms with E-state index in [9.17, 15) is 14.4 Å². The second-order valence-corrected chi connectivity index (χ2v) is 8.03. The molecule has 1 N–H and O–H groups in total. The molecule has 0 saturated heterocycles. The summed E-state index contributed by atoms with van der Waals surface area (Å²) >= 11 is 1.46. The first kappa shape index (κ1) is 19.6. The number of allylic oxidation sites excluding steroid dienone is 2. The van der Waals surface area contributed by atoms with Crippen LogP contribution in [-0.2, 0) is 31.9 Å². The Labute approximate surface area is 162 Å². The number of fused-ring (bicyclic) bond motifs is 1. The molecule has 0 spiro atoms. The molecule has 2 aliphatic rings. The summed E-state index contributed by atoms with van der Waals surface area (Å²) in [4.78, 5) is 38.5. The van der Waals surface area contributed by atoms with Gasteiger partial charge in [0.1, 0.15) is 5.00 Å². The number of hydrogen-bond acceptors (Lipinski definition) is 6. The fourth-order valence-corrected chi connectivity index (χ4v) is 5.15. The molecule has 0 radical (unpaired) electrons. The number of thiophene rings is 1. The quantitative estimate of drug-likeness (QED) is 0.483. The lowest BCUT2D eigenvalue weighted by Crippen LogP contribution is -2.35. The van der Waals surface area contributed by atoms with Crippen molar-refractivity contribution in [1.29, 1.82) is 0 Å². The molecule has 0 unspecified atom stereocenters. The van der Waals surface area contributed by atoms with E-state index in [1.165, 1.54) is 25.6 Å². The molecule has 1 aromatic rings. The number of anilines is 1. The van der Waals surface area contributed by atoms with Gasteiger partial charge in [0.2, 0.25) is 5.91 Å². The van der Waals surface area contributed by atoms with Crippen molar-refractivity contribution in [3.05, 3.63) is 28.2 Å². The van der Waals surface area contributed by atoms with E-state index in [0.717, 1.165) is 42.5 Å². The van der Waals surface area contributed by atoms with Gasteiger partial charge in [0, 0.05) is 4.88 Å². The largest absolute Gasteiger partial charge is 0.469 e. The maximum absolute atomic E-state index is 12.9. The van der Waals surface area contributed by atoms with Crippen LogP contribution in [-0.4, -0.2) is 32.1 Å². The average molecular weight is 391 g/mol. The van der Waals surface area contributed by atoms with Crippen molar-refractivity contribution >= 4 is 34.2 Å². The van der Waals surface area contributed by atoms with Crippen LogP contribution in [0.3, 0.4) is 0 Å². The molecule has 3 rings (SSSR count). The third-order valence-corrected chi connectivity index (χ3v) is 6.53. The summed E-state index contributed by atoms with van der Waals surface area (Å²) in [5.41, 5.74) is 1.49. The van der Waals surface area contributed by atoms with Gasteiger partial charge in [-0.25, -0.2) is 4.79 Å². The number of carbonyl (C=O) groups excluding carboxylic acids is 3. The molecule has 146 valence electrons. The van der Waals surface area contributed by atoms with Gasteiger partial charge in [-0.1, -0.05) is 18.6 Å². The Morgan fingerprint density at radius 2 is 1.70 bits per heavy atom. The predicted octanol–water partition coefficient (Wildman–Crippen LogP) is 3.50. The van der Waals surface area contributed by atoms with Crippen LogP contribution >= 0.6 is 11.3 Å². The van der Waals surface area contributed by atoms with Crippen LogP contribution in [0.2, 0.25) is 0 Å². The fraction of sp³-hybridized carbons (Fsp3) is 0.550. The summed E-state index contributed by atoms with van der Waals surface area (Å²) in [6.45, 7) is 0. The Balaban J connectivity index is 1.88. The molecular weight excluding hydrogens is 366 g/mol. The van der Waals surface area contributed by atoms with Crippen molar-refractivity contribution in [3.8, 4) is 0 Å². The van der Waals surface area contributed by atoms with Crippen molar-refractivity contribution in [2.45, 2.75) is 44.9 Å². The highest BCUT2D eigenvalue weighted by atomic mass is 32.1. The van der Waals surface area contributed by atoms with Gasteiger partial charge >= 0.3 is 11.9 Å². The predicted molar refractivity (Wildman–Crippen MR) is 103 cm³/mol. The first-order valence-electron chi connectivity index (χ1n) is 9.33. The molecule has 2 aliphatic carbocycles. The third kappa shape index (κ3) is 4.08. The number of rotatable bonds is 4. The van der Waals surface area contributed by atoms with Gasteiger partial charge in [0.05, 0.1) is 31.6 Å². The fourth-order valence-electron chi connectivity index (χ4n) is 3.87. The molecule has 1 amide bonds. The highest BCUT2D eigenvalue weighted by Crippen LogP contribution is 2.39. The first-order chi connectivity index (χ1) is 13.1. The zero-order valence-electron chi connectivity index (χ0n) is 15.7. The summed E-state index contributed by atoms with van der Waals surface area (Å²) in [6.07, 6.45) is 9.75. The molecule has 6 nitrogen and oxygen atoms in total. The van der Waals surface area contributed by atoms with Crippen LogP contribution in [0.15, 0.2) is 12.2 Å². The van der Waals surface area contributed by atoms with Crippen LogP contribution < -0.4 is 5.32 Å². The van der Waals surface area contributed by atoms with Gasteiger partial charge in [-0.3, -0.25) is 9.59 Å². The summed E-state index contributed by atoms with van der Waals surface area (Å²) in [6, 6.07) is 0. The van der Waals surface area contributed by atoms with Crippen molar-refractivity contribution in [2.75, 3.05) is 19.5 Å². The highest BCUT2D eigenvalue weighted by Gasteiger charge is 2.36. The van der Waals surface area contributed by atoms with Crippen molar-refractivity contribution in [2.24, 2.45) is 11.8 Å². The molecular formula is C20H25NO5S. The maximum atomic E-state index is 12.9. The number of ether oxygens (including phenoxy) is 2. The number of nitrogens with one attached hydrogen (secondary N) is 1. The Bertz CT molecular complexity index is 767. The van der Waals surface area contributed by atoms with Crippen molar-refractivity contribution < 1.29 is 23.9 Å².